The summed E-state index contributed by atoms with van der Waals surface area (Å²) in [7, 11) is 0. The lowest BCUT2D eigenvalue weighted by Gasteiger charge is -2.22. The Bertz CT molecular complexity index is 881. The molecule has 2 aromatic rings. The van der Waals surface area contributed by atoms with E-state index >= 15 is 0 Å². The molecular weight excluding hydrogens is 367 g/mol. The van der Waals surface area contributed by atoms with Crippen molar-refractivity contribution in [3.8, 4) is 11.3 Å². The van der Waals surface area contributed by atoms with Gasteiger partial charge >= 0.3 is 6.18 Å². The normalized spacial score (nSPS) is 22.4. The lowest BCUT2D eigenvalue weighted by molar-refractivity contribution is -0.137. The minimum Gasteiger partial charge on any atom is -0.455 e. The Labute approximate surface area is 152 Å². The molecule has 1 amide bonds. The predicted molar refractivity (Wildman–Crippen MR) is 86.1 cm³/mol. The van der Waals surface area contributed by atoms with Gasteiger partial charge in [0.1, 0.15) is 17.4 Å². The van der Waals surface area contributed by atoms with E-state index in [0.29, 0.717) is 31.9 Å². The number of carbonyl (C=O) groups excluding carboxylic acids is 1. The van der Waals surface area contributed by atoms with Gasteiger partial charge < -0.3 is 19.6 Å². The van der Waals surface area contributed by atoms with Crippen LogP contribution in [0.3, 0.4) is 0 Å². The highest BCUT2D eigenvalue weighted by Gasteiger charge is 2.45. The van der Waals surface area contributed by atoms with Crippen LogP contribution >= 0.6 is 0 Å². The van der Waals surface area contributed by atoms with Crippen LogP contribution in [-0.2, 0) is 28.6 Å². The summed E-state index contributed by atoms with van der Waals surface area (Å²) >= 11 is 0. The topological polar surface area (TPSA) is 92.5 Å². The lowest BCUT2D eigenvalue weighted by Crippen LogP contribution is -2.32. The molecular formula is C17H18F3N3O4. The molecule has 2 aromatic heterocycles. The highest BCUT2D eigenvalue weighted by molar-refractivity contribution is 5.95. The van der Waals surface area contributed by atoms with Crippen molar-refractivity contribution in [2.45, 2.75) is 38.1 Å². The predicted octanol–water partition coefficient (Wildman–Crippen LogP) is 2.34. The Balaban J connectivity index is 1.79. The Hall–Kier alpha value is -2.33. The summed E-state index contributed by atoms with van der Waals surface area (Å²) in [5, 5.41) is 4.35. The minimum atomic E-state index is -4.79. The first-order valence-electron chi connectivity index (χ1n) is 8.55. The first kappa shape index (κ1) is 18.1. The average Bonchev–Trinajstić information content (AvgIpc) is 3.17. The maximum atomic E-state index is 13.7. The first-order valence-corrected chi connectivity index (χ1v) is 8.55. The third-order valence-electron chi connectivity index (χ3n) is 4.81. The fourth-order valence-electron chi connectivity index (χ4n) is 3.64. The fourth-order valence-corrected chi connectivity index (χ4v) is 3.64. The second kappa shape index (κ2) is 6.38. The van der Waals surface area contributed by atoms with Gasteiger partial charge in [-0.25, -0.2) is 0 Å². The van der Waals surface area contributed by atoms with Crippen LogP contribution in [0.25, 0.3) is 11.3 Å². The van der Waals surface area contributed by atoms with Gasteiger partial charge in [0.2, 0.25) is 5.76 Å². The van der Waals surface area contributed by atoms with Crippen molar-refractivity contribution >= 4 is 5.91 Å². The van der Waals surface area contributed by atoms with E-state index in [1.54, 1.807) is 10.9 Å². The second-order valence-electron chi connectivity index (χ2n) is 6.79. The Morgan fingerprint density at radius 1 is 1.41 bits per heavy atom. The van der Waals surface area contributed by atoms with Gasteiger partial charge in [-0.05, 0) is 5.92 Å². The van der Waals surface area contributed by atoms with Crippen LogP contribution in [0.15, 0.2) is 10.6 Å². The van der Waals surface area contributed by atoms with Gasteiger partial charge in [0, 0.05) is 18.2 Å². The SMILES string of the molecule is CC1Cc2oc(C(N)=O)c(C(F)(F)F)c2-c2nn(C[C@H]3COCCO3)cc21. The number of hydrogen-bond donors (Lipinski definition) is 1. The zero-order valence-electron chi connectivity index (χ0n) is 14.5. The molecule has 146 valence electrons. The molecule has 3 heterocycles. The van der Waals surface area contributed by atoms with Crippen LogP contribution in [0, 0.1) is 0 Å². The number of furan rings is 1. The number of aromatic nitrogens is 2. The van der Waals surface area contributed by atoms with Gasteiger partial charge in [0.05, 0.1) is 37.6 Å². The van der Waals surface area contributed by atoms with E-state index in [0.717, 1.165) is 0 Å². The minimum absolute atomic E-state index is 0.0821. The van der Waals surface area contributed by atoms with E-state index in [2.05, 4.69) is 5.10 Å². The smallest absolute Gasteiger partial charge is 0.420 e. The molecule has 10 heteroatoms. The molecule has 0 aromatic carbocycles. The van der Waals surface area contributed by atoms with Crippen molar-refractivity contribution in [1.82, 2.24) is 9.78 Å². The monoisotopic (exact) mass is 385 g/mol. The zero-order valence-corrected chi connectivity index (χ0v) is 14.5. The fraction of sp³-hybridized carbons (Fsp3) is 0.529. The quantitative estimate of drug-likeness (QED) is 0.876. The molecule has 4 rings (SSSR count). The number of nitrogens with zero attached hydrogens (tertiary/aromatic N) is 2. The molecule has 0 radical (unpaired) electrons. The Kier molecular flexibility index (Phi) is 4.26. The largest absolute Gasteiger partial charge is 0.455 e. The number of nitrogens with two attached hydrogens (primary N) is 1. The van der Waals surface area contributed by atoms with Gasteiger partial charge in [-0.15, -0.1) is 0 Å². The van der Waals surface area contributed by atoms with Crippen molar-refractivity contribution in [1.29, 1.82) is 0 Å². The van der Waals surface area contributed by atoms with E-state index in [4.69, 9.17) is 19.6 Å². The highest BCUT2D eigenvalue weighted by Crippen LogP contribution is 2.48. The summed E-state index contributed by atoms with van der Waals surface area (Å²) in [6.45, 7) is 3.61. The van der Waals surface area contributed by atoms with Crippen molar-refractivity contribution in [3.05, 3.63) is 28.8 Å². The molecule has 2 N–H and O–H groups in total. The summed E-state index contributed by atoms with van der Waals surface area (Å²) in [5.41, 5.74) is 4.61. The Morgan fingerprint density at radius 3 is 2.81 bits per heavy atom. The molecule has 2 aliphatic rings. The number of alkyl halides is 3. The maximum Gasteiger partial charge on any atom is 0.420 e. The van der Waals surface area contributed by atoms with Crippen molar-refractivity contribution in [3.63, 3.8) is 0 Å². The molecule has 1 fully saturated rings. The first-order chi connectivity index (χ1) is 12.8. The highest BCUT2D eigenvalue weighted by atomic mass is 19.4. The van der Waals surface area contributed by atoms with Crippen LogP contribution in [0.4, 0.5) is 13.2 Å². The van der Waals surface area contributed by atoms with Gasteiger partial charge in [-0.2, -0.15) is 18.3 Å². The number of amides is 1. The summed E-state index contributed by atoms with van der Waals surface area (Å²) in [4.78, 5) is 11.5. The van der Waals surface area contributed by atoms with Crippen LogP contribution < -0.4 is 5.73 Å². The summed E-state index contributed by atoms with van der Waals surface area (Å²) < 4.78 is 58.7. The molecule has 27 heavy (non-hydrogen) atoms. The molecule has 1 aliphatic carbocycles. The average molecular weight is 385 g/mol. The van der Waals surface area contributed by atoms with E-state index in [1.165, 1.54) is 0 Å². The van der Waals surface area contributed by atoms with Crippen LogP contribution in [-0.4, -0.2) is 41.6 Å². The number of hydrogen-bond acceptors (Lipinski definition) is 5. The summed E-state index contributed by atoms with van der Waals surface area (Å²) in [6, 6.07) is 0. The van der Waals surface area contributed by atoms with Crippen molar-refractivity contribution in [2.24, 2.45) is 5.73 Å². The molecule has 1 unspecified atom stereocenters. The molecule has 2 atom stereocenters. The third kappa shape index (κ3) is 3.12. The molecule has 1 aliphatic heterocycles. The van der Waals surface area contributed by atoms with Gasteiger partial charge in [-0.1, -0.05) is 6.92 Å². The third-order valence-corrected chi connectivity index (χ3v) is 4.81. The molecule has 0 saturated carbocycles. The van der Waals surface area contributed by atoms with Gasteiger partial charge in [-0.3, -0.25) is 9.48 Å². The number of rotatable bonds is 3. The number of ether oxygens (including phenoxy) is 2. The van der Waals surface area contributed by atoms with Crippen LogP contribution in [0.5, 0.6) is 0 Å². The standard InChI is InChI=1S/C17H18F3N3O4/c1-8-4-11-12(13(17(18,19)20)15(27-11)16(21)24)14-10(8)6-23(22-14)5-9-7-25-2-3-26-9/h6,8-9H,2-5,7H2,1H3,(H2,21,24)/t8?,9-/m0/s1. The van der Waals surface area contributed by atoms with Gasteiger partial charge in [0.15, 0.2) is 0 Å². The van der Waals surface area contributed by atoms with Crippen molar-refractivity contribution < 1.29 is 31.9 Å². The van der Waals surface area contributed by atoms with Crippen molar-refractivity contribution in [2.75, 3.05) is 19.8 Å². The van der Waals surface area contributed by atoms with E-state index in [1.807, 2.05) is 6.92 Å². The number of halogens is 3. The number of primary amides is 1. The van der Waals surface area contributed by atoms with Crippen LogP contribution in [0.1, 0.15) is 40.3 Å². The summed E-state index contributed by atoms with van der Waals surface area (Å²) in [5.74, 6) is -2.15. The molecule has 1 saturated heterocycles. The second-order valence-corrected chi connectivity index (χ2v) is 6.79. The summed E-state index contributed by atoms with van der Waals surface area (Å²) in [6.07, 6.45) is -3.06. The zero-order chi connectivity index (χ0) is 19.3. The maximum absolute atomic E-state index is 13.7. The number of carbonyl (C=O) groups is 1. The van der Waals surface area contributed by atoms with Crippen LogP contribution in [0.2, 0.25) is 0 Å². The number of fused-ring (bicyclic) bond motifs is 3. The molecule has 0 spiro atoms. The molecule has 7 nitrogen and oxygen atoms in total. The van der Waals surface area contributed by atoms with E-state index < -0.39 is 23.4 Å². The van der Waals surface area contributed by atoms with E-state index in [-0.39, 0.29) is 35.5 Å². The lowest BCUT2D eigenvalue weighted by atomic mass is 9.86. The molecule has 0 bridgehead atoms. The van der Waals surface area contributed by atoms with Gasteiger partial charge in [0.25, 0.3) is 5.91 Å². The Morgan fingerprint density at radius 2 is 2.19 bits per heavy atom. The van der Waals surface area contributed by atoms with E-state index in [9.17, 15) is 18.0 Å².